The van der Waals surface area contributed by atoms with Crippen LogP contribution in [-0.2, 0) is 4.79 Å². The van der Waals surface area contributed by atoms with Crippen molar-refractivity contribution in [2.24, 2.45) is 5.10 Å². The third-order valence-corrected chi connectivity index (χ3v) is 6.90. The van der Waals surface area contributed by atoms with Gasteiger partial charge in [0.15, 0.2) is 11.5 Å². The fourth-order valence-corrected chi connectivity index (χ4v) is 4.93. The highest BCUT2D eigenvalue weighted by atomic mass is 32.2. The van der Waals surface area contributed by atoms with Crippen molar-refractivity contribution < 1.29 is 18.7 Å². The van der Waals surface area contributed by atoms with E-state index in [-0.39, 0.29) is 23.5 Å². The molecule has 1 atom stereocenters. The second-order valence-electron chi connectivity index (χ2n) is 6.82. The molecule has 0 spiro atoms. The highest BCUT2D eigenvalue weighted by Crippen LogP contribution is 2.38. The minimum atomic E-state index is -0.332. The van der Waals surface area contributed by atoms with Crippen LogP contribution in [0.4, 0.5) is 4.39 Å². The lowest BCUT2D eigenvalue weighted by Crippen LogP contribution is -2.28. The Morgan fingerprint density at radius 3 is 2.68 bits per heavy atom. The smallest absolute Gasteiger partial charge is 0.253 e. The number of hydrogen-bond donors (Lipinski definition) is 0. The van der Waals surface area contributed by atoms with Crippen molar-refractivity contribution in [3.8, 4) is 11.5 Å². The van der Waals surface area contributed by atoms with Crippen molar-refractivity contribution in [2.45, 2.75) is 17.4 Å². The number of nitrogens with zero attached hydrogens (tertiary/aromatic N) is 2. The summed E-state index contributed by atoms with van der Waals surface area (Å²) in [7, 11) is 3.17. The fourth-order valence-electron chi connectivity index (χ4n) is 3.42. The molecule has 2 heterocycles. The van der Waals surface area contributed by atoms with E-state index in [0.717, 1.165) is 16.2 Å². The number of thioether (sulfide) groups is 1. The van der Waals surface area contributed by atoms with Gasteiger partial charge in [0.1, 0.15) is 5.82 Å². The monoisotopic (exact) mass is 456 g/mol. The van der Waals surface area contributed by atoms with Gasteiger partial charge >= 0.3 is 0 Å². The maximum atomic E-state index is 14.0. The average molecular weight is 457 g/mol. The SMILES string of the molecule is COc1ccc([C@H]2CC(c3cccs3)=NN2C(=O)CSc2ccccc2F)cc1OC. The number of benzene rings is 2. The second kappa shape index (κ2) is 9.53. The molecule has 1 aliphatic heterocycles. The van der Waals surface area contributed by atoms with Crippen LogP contribution in [0.15, 0.2) is 70.0 Å². The van der Waals surface area contributed by atoms with Crippen molar-refractivity contribution in [1.29, 1.82) is 0 Å². The summed E-state index contributed by atoms with van der Waals surface area (Å²) in [5.41, 5.74) is 1.76. The summed E-state index contributed by atoms with van der Waals surface area (Å²) in [5, 5.41) is 8.16. The first kappa shape index (κ1) is 21.4. The third-order valence-electron chi connectivity index (χ3n) is 4.95. The van der Waals surface area contributed by atoms with Crippen LogP contribution in [-0.4, -0.2) is 36.6 Å². The van der Waals surface area contributed by atoms with Gasteiger partial charge in [0.25, 0.3) is 5.91 Å². The zero-order valence-electron chi connectivity index (χ0n) is 17.1. The van der Waals surface area contributed by atoms with E-state index in [1.54, 1.807) is 43.8 Å². The van der Waals surface area contributed by atoms with Gasteiger partial charge in [0.05, 0.1) is 36.6 Å². The predicted molar refractivity (Wildman–Crippen MR) is 122 cm³/mol. The Hall–Kier alpha value is -2.84. The van der Waals surface area contributed by atoms with Crippen molar-refractivity contribution in [3.63, 3.8) is 0 Å². The molecule has 31 heavy (non-hydrogen) atoms. The van der Waals surface area contributed by atoms with E-state index in [1.807, 2.05) is 35.7 Å². The van der Waals surface area contributed by atoms with E-state index in [0.29, 0.717) is 22.8 Å². The van der Waals surface area contributed by atoms with Crippen LogP contribution in [0.3, 0.4) is 0 Å². The van der Waals surface area contributed by atoms with E-state index in [1.165, 1.54) is 22.8 Å². The normalized spacial score (nSPS) is 15.6. The quantitative estimate of drug-likeness (QED) is 0.448. The minimum Gasteiger partial charge on any atom is -0.493 e. The first-order chi connectivity index (χ1) is 15.1. The zero-order chi connectivity index (χ0) is 21.8. The number of rotatable bonds is 7. The van der Waals surface area contributed by atoms with Crippen molar-refractivity contribution in [2.75, 3.05) is 20.0 Å². The molecule has 0 radical (unpaired) electrons. The van der Waals surface area contributed by atoms with Gasteiger partial charge in [-0.1, -0.05) is 24.3 Å². The van der Waals surface area contributed by atoms with E-state index in [9.17, 15) is 9.18 Å². The van der Waals surface area contributed by atoms with Crippen LogP contribution in [0.1, 0.15) is 22.9 Å². The Morgan fingerprint density at radius 2 is 1.97 bits per heavy atom. The maximum absolute atomic E-state index is 14.0. The number of ether oxygens (including phenoxy) is 2. The van der Waals surface area contributed by atoms with Gasteiger partial charge < -0.3 is 9.47 Å². The van der Waals surface area contributed by atoms with E-state index in [2.05, 4.69) is 5.10 Å². The molecular weight excluding hydrogens is 435 g/mol. The molecule has 4 rings (SSSR count). The lowest BCUT2D eigenvalue weighted by molar-refractivity contribution is -0.130. The first-order valence-electron chi connectivity index (χ1n) is 9.63. The molecule has 0 aliphatic carbocycles. The highest BCUT2D eigenvalue weighted by molar-refractivity contribution is 8.00. The van der Waals surface area contributed by atoms with Gasteiger partial charge in [-0.2, -0.15) is 5.10 Å². The van der Waals surface area contributed by atoms with Crippen LogP contribution in [0.25, 0.3) is 0 Å². The molecule has 1 aromatic heterocycles. The number of carbonyl (C=O) groups is 1. The molecule has 5 nitrogen and oxygen atoms in total. The summed E-state index contributed by atoms with van der Waals surface area (Å²) in [4.78, 5) is 14.6. The topological polar surface area (TPSA) is 51.1 Å². The van der Waals surface area contributed by atoms with Gasteiger partial charge in [-0.25, -0.2) is 9.40 Å². The summed E-state index contributed by atoms with van der Waals surface area (Å²) >= 11 is 2.76. The Kier molecular flexibility index (Phi) is 6.58. The Labute approximate surface area is 188 Å². The number of thiophene rings is 1. The molecular formula is C23H21FN2O3S2. The molecule has 1 aliphatic rings. The molecule has 0 saturated heterocycles. The van der Waals surface area contributed by atoms with Crippen LogP contribution >= 0.6 is 23.1 Å². The predicted octanol–water partition coefficient (Wildman–Crippen LogP) is 5.37. The van der Waals surface area contributed by atoms with Gasteiger partial charge in [-0.15, -0.1) is 23.1 Å². The lowest BCUT2D eigenvalue weighted by Gasteiger charge is -2.23. The summed E-state index contributed by atoms with van der Waals surface area (Å²) in [6, 6.07) is 15.8. The van der Waals surface area contributed by atoms with Crippen LogP contribution in [0.5, 0.6) is 11.5 Å². The van der Waals surface area contributed by atoms with Gasteiger partial charge in [0, 0.05) is 11.3 Å². The first-order valence-corrected chi connectivity index (χ1v) is 11.5. The van der Waals surface area contributed by atoms with Crippen LogP contribution in [0.2, 0.25) is 0 Å². The maximum Gasteiger partial charge on any atom is 0.253 e. The average Bonchev–Trinajstić information content (AvgIpc) is 3.48. The molecule has 0 saturated carbocycles. The molecule has 0 N–H and O–H groups in total. The molecule has 0 bridgehead atoms. The number of halogens is 1. The van der Waals surface area contributed by atoms with Crippen LogP contribution in [0, 0.1) is 5.82 Å². The molecule has 3 aromatic rings. The van der Waals surface area contributed by atoms with E-state index in [4.69, 9.17) is 9.47 Å². The van der Waals surface area contributed by atoms with Crippen molar-refractivity contribution in [3.05, 3.63) is 76.2 Å². The largest absolute Gasteiger partial charge is 0.493 e. The van der Waals surface area contributed by atoms with Gasteiger partial charge in [0.2, 0.25) is 0 Å². The molecule has 0 unspecified atom stereocenters. The number of hydrogen-bond acceptors (Lipinski definition) is 6. The van der Waals surface area contributed by atoms with Gasteiger partial charge in [-0.05, 0) is 41.3 Å². The Morgan fingerprint density at radius 1 is 1.16 bits per heavy atom. The number of carbonyl (C=O) groups excluding carboxylic acids is 1. The number of amides is 1. The van der Waals surface area contributed by atoms with Crippen molar-refractivity contribution in [1.82, 2.24) is 5.01 Å². The molecule has 0 fully saturated rings. The zero-order valence-corrected chi connectivity index (χ0v) is 18.7. The second-order valence-corrected chi connectivity index (χ2v) is 8.78. The summed E-state index contributed by atoms with van der Waals surface area (Å²) < 4.78 is 24.7. The van der Waals surface area contributed by atoms with E-state index >= 15 is 0 Å². The standard InChI is InChI=1S/C23H21FN2O3S2/c1-28-19-10-9-15(12-20(19)29-2)18-13-17(22-8-5-11-30-22)25-26(18)23(27)14-31-21-7-4-3-6-16(21)24/h3-12,18H,13-14H2,1-2H3/t18-/m1/s1. The Balaban J connectivity index is 1.61. The summed E-state index contributed by atoms with van der Waals surface area (Å²) in [5.74, 6) is 0.793. The molecule has 1 amide bonds. The minimum absolute atomic E-state index is 0.0892. The van der Waals surface area contributed by atoms with Crippen molar-refractivity contribution >= 4 is 34.7 Å². The fraction of sp³-hybridized carbons (Fsp3) is 0.217. The molecule has 160 valence electrons. The molecule has 2 aromatic carbocycles. The third kappa shape index (κ3) is 4.60. The van der Waals surface area contributed by atoms with Crippen LogP contribution < -0.4 is 9.47 Å². The number of methoxy groups -OCH3 is 2. The lowest BCUT2D eigenvalue weighted by atomic mass is 10.0. The summed E-state index contributed by atoms with van der Waals surface area (Å²) in [6.07, 6.45) is 0.589. The Bertz CT molecular complexity index is 1100. The molecule has 8 heteroatoms. The summed E-state index contributed by atoms with van der Waals surface area (Å²) in [6.45, 7) is 0. The number of hydrazone groups is 1. The van der Waals surface area contributed by atoms with E-state index < -0.39 is 0 Å². The van der Waals surface area contributed by atoms with Gasteiger partial charge in [-0.3, -0.25) is 4.79 Å². The highest BCUT2D eigenvalue weighted by Gasteiger charge is 2.34.